The largest absolute Gasteiger partial charge is 0.493 e. The average Bonchev–Trinajstić information content (AvgIpc) is 2.82. The molecule has 2 heteroatoms. The van der Waals surface area contributed by atoms with Crippen LogP contribution in [0, 0.1) is 5.41 Å². The Balaban J connectivity index is 2.01. The summed E-state index contributed by atoms with van der Waals surface area (Å²) in [5.41, 5.74) is 9.19. The molecular weight excluding hydrogens is 186 g/mol. The molecule has 1 unspecified atom stereocenters. The lowest BCUT2D eigenvalue weighted by Crippen LogP contribution is -2.20. The van der Waals surface area contributed by atoms with Crippen molar-refractivity contribution < 1.29 is 4.74 Å². The third kappa shape index (κ3) is 1.36. The molecule has 0 saturated heterocycles. The van der Waals surface area contributed by atoms with Crippen LogP contribution in [-0.4, -0.2) is 6.61 Å². The van der Waals surface area contributed by atoms with Crippen molar-refractivity contribution >= 4 is 0 Å². The van der Waals surface area contributed by atoms with Crippen LogP contribution in [0.15, 0.2) is 18.2 Å². The Morgan fingerprint density at radius 3 is 2.93 bits per heavy atom. The van der Waals surface area contributed by atoms with Crippen LogP contribution in [0.3, 0.4) is 0 Å². The molecule has 1 aromatic carbocycles. The van der Waals surface area contributed by atoms with Crippen molar-refractivity contribution in [2.45, 2.75) is 32.2 Å². The van der Waals surface area contributed by atoms with E-state index in [1.54, 1.807) is 0 Å². The van der Waals surface area contributed by atoms with Crippen LogP contribution in [-0.2, 0) is 6.42 Å². The van der Waals surface area contributed by atoms with E-state index in [1.165, 1.54) is 24.0 Å². The smallest absolute Gasteiger partial charge is 0.127 e. The maximum absolute atomic E-state index is 6.33. The van der Waals surface area contributed by atoms with Gasteiger partial charge in [0.2, 0.25) is 0 Å². The molecule has 0 bridgehead atoms. The summed E-state index contributed by atoms with van der Waals surface area (Å²) in [6.07, 6.45) is 3.53. The highest BCUT2D eigenvalue weighted by molar-refractivity contribution is 5.46. The fourth-order valence-electron chi connectivity index (χ4n) is 2.37. The highest BCUT2D eigenvalue weighted by Gasteiger charge is 2.44. The van der Waals surface area contributed by atoms with E-state index in [0.29, 0.717) is 5.41 Å². The van der Waals surface area contributed by atoms with Gasteiger partial charge in [-0.2, -0.15) is 0 Å². The maximum Gasteiger partial charge on any atom is 0.127 e. The van der Waals surface area contributed by atoms with Crippen molar-refractivity contribution in [3.8, 4) is 5.75 Å². The fraction of sp³-hybridized carbons (Fsp3) is 0.538. The van der Waals surface area contributed by atoms with Crippen LogP contribution in [0.4, 0.5) is 0 Å². The van der Waals surface area contributed by atoms with Crippen molar-refractivity contribution in [3.63, 3.8) is 0 Å². The van der Waals surface area contributed by atoms with E-state index in [-0.39, 0.29) is 6.04 Å². The van der Waals surface area contributed by atoms with Gasteiger partial charge in [-0.05, 0) is 23.8 Å². The number of hydrogen-bond acceptors (Lipinski definition) is 2. The van der Waals surface area contributed by atoms with Gasteiger partial charge >= 0.3 is 0 Å². The molecule has 1 atom stereocenters. The molecule has 0 amide bonds. The third-order valence-electron chi connectivity index (χ3n) is 3.87. The monoisotopic (exact) mass is 203 g/mol. The van der Waals surface area contributed by atoms with E-state index in [4.69, 9.17) is 10.5 Å². The lowest BCUT2D eigenvalue weighted by Gasteiger charge is -2.21. The topological polar surface area (TPSA) is 35.2 Å². The lowest BCUT2D eigenvalue weighted by molar-refractivity contribution is 0.343. The van der Waals surface area contributed by atoms with Gasteiger partial charge in [0.1, 0.15) is 5.75 Å². The van der Waals surface area contributed by atoms with Gasteiger partial charge in [-0.3, -0.25) is 0 Å². The molecule has 1 saturated carbocycles. The van der Waals surface area contributed by atoms with Crippen LogP contribution in [0.25, 0.3) is 0 Å². The first-order valence-electron chi connectivity index (χ1n) is 5.71. The second kappa shape index (κ2) is 2.99. The maximum atomic E-state index is 6.33. The van der Waals surface area contributed by atoms with Gasteiger partial charge in [0.25, 0.3) is 0 Å². The highest BCUT2D eigenvalue weighted by atomic mass is 16.5. The van der Waals surface area contributed by atoms with Crippen LogP contribution in [0.1, 0.15) is 36.9 Å². The van der Waals surface area contributed by atoms with E-state index in [9.17, 15) is 0 Å². The van der Waals surface area contributed by atoms with Crippen molar-refractivity contribution in [1.82, 2.24) is 0 Å². The molecule has 0 radical (unpaired) electrons. The Morgan fingerprint density at radius 1 is 1.40 bits per heavy atom. The normalized spacial score (nSPS) is 23.1. The Bertz CT molecular complexity index is 396. The summed E-state index contributed by atoms with van der Waals surface area (Å²) in [5.74, 6) is 1.07. The number of benzene rings is 1. The summed E-state index contributed by atoms with van der Waals surface area (Å²) in [6, 6.07) is 6.52. The average molecular weight is 203 g/mol. The van der Waals surface area contributed by atoms with Crippen LogP contribution >= 0.6 is 0 Å². The number of rotatable bonds is 2. The summed E-state index contributed by atoms with van der Waals surface area (Å²) < 4.78 is 5.69. The molecule has 3 rings (SSSR count). The summed E-state index contributed by atoms with van der Waals surface area (Å²) in [4.78, 5) is 0. The molecule has 1 heterocycles. The van der Waals surface area contributed by atoms with Crippen molar-refractivity contribution in [3.05, 3.63) is 29.3 Å². The second-order valence-corrected chi connectivity index (χ2v) is 5.07. The van der Waals surface area contributed by atoms with E-state index >= 15 is 0 Å². The Morgan fingerprint density at radius 2 is 2.20 bits per heavy atom. The number of ether oxygens (including phenoxy) is 1. The van der Waals surface area contributed by atoms with Gasteiger partial charge in [-0.25, -0.2) is 0 Å². The molecule has 1 fully saturated rings. The Labute approximate surface area is 90.4 Å². The molecule has 2 aliphatic rings. The summed E-state index contributed by atoms with van der Waals surface area (Å²) in [6.45, 7) is 3.09. The molecule has 0 aromatic heterocycles. The van der Waals surface area contributed by atoms with Crippen molar-refractivity contribution in [1.29, 1.82) is 0 Å². The van der Waals surface area contributed by atoms with Gasteiger partial charge in [0, 0.05) is 18.0 Å². The van der Waals surface area contributed by atoms with E-state index in [1.807, 2.05) is 0 Å². The van der Waals surface area contributed by atoms with Gasteiger partial charge in [-0.15, -0.1) is 0 Å². The summed E-state index contributed by atoms with van der Waals surface area (Å²) in [7, 11) is 0. The predicted octanol–water partition coefficient (Wildman–Crippen LogP) is 2.42. The second-order valence-electron chi connectivity index (χ2n) is 5.07. The first kappa shape index (κ1) is 9.22. The van der Waals surface area contributed by atoms with Gasteiger partial charge < -0.3 is 10.5 Å². The minimum atomic E-state index is 0.144. The minimum absolute atomic E-state index is 0.144. The molecule has 1 aromatic rings. The predicted molar refractivity (Wildman–Crippen MR) is 59.9 cm³/mol. The van der Waals surface area contributed by atoms with Crippen molar-refractivity contribution in [2.24, 2.45) is 11.1 Å². The quantitative estimate of drug-likeness (QED) is 0.801. The van der Waals surface area contributed by atoms with Crippen LogP contribution in [0.5, 0.6) is 5.75 Å². The zero-order valence-electron chi connectivity index (χ0n) is 9.12. The van der Waals surface area contributed by atoms with Crippen molar-refractivity contribution in [2.75, 3.05) is 6.61 Å². The first-order chi connectivity index (χ1) is 7.21. The van der Waals surface area contributed by atoms with Gasteiger partial charge in [0.15, 0.2) is 0 Å². The summed E-state index contributed by atoms with van der Waals surface area (Å²) in [5, 5.41) is 0. The van der Waals surface area contributed by atoms with Gasteiger partial charge in [0.05, 0.1) is 6.61 Å². The molecule has 80 valence electrons. The number of para-hydroxylation sites is 1. The molecule has 2 N–H and O–H groups in total. The lowest BCUT2D eigenvalue weighted by atomic mass is 9.91. The molecule has 1 aliphatic carbocycles. The Kier molecular flexibility index (Phi) is 1.84. The third-order valence-corrected chi connectivity index (χ3v) is 3.87. The molecule has 15 heavy (non-hydrogen) atoms. The fourth-order valence-corrected chi connectivity index (χ4v) is 2.37. The van der Waals surface area contributed by atoms with Crippen LogP contribution < -0.4 is 10.5 Å². The molecule has 2 nitrogen and oxygen atoms in total. The molecule has 1 aliphatic heterocycles. The number of nitrogens with two attached hydrogens (primary N) is 1. The summed E-state index contributed by atoms with van der Waals surface area (Å²) >= 11 is 0. The Hall–Kier alpha value is -1.02. The SMILES string of the molecule is CC1(C(N)c2cccc3c2OCC3)CC1. The van der Waals surface area contributed by atoms with Crippen LogP contribution in [0.2, 0.25) is 0 Å². The number of hydrogen-bond donors (Lipinski definition) is 1. The minimum Gasteiger partial charge on any atom is -0.493 e. The van der Waals surface area contributed by atoms with E-state index in [0.717, 1.165) is 18.8 Å². The molecule has 0 spiro atoms. The number of fused-ring (bicyclic) bond motifs is 1. The molecular formula is C13H17NO. The van der Waals surface area contributed by atoms with E-state index in [2.05, 4.69) is 25.1 Å². The highest BCUT2D eigenvalue weighted by Crippen LogP contribution is 2.55. The zero-order valence-corrected chi connectivity index (χ0v) is 9.12. The van der Waals surface area contributed by atoms with Gasteiger partial charge in [-0.1, -0.05) is 25.1 Å². The zero-order chi connectivity index (χ0) is 10.5. The standard InChI is InChI=1S/C13H17NO/c1-13(6-7-13)12(14)10-4-2-3-9-5-8-15-11(9)10/h2-4,12H,5-8,14H2,1H3. The first-order valence-corrected chi connectivity index (χ1v) is 5.71. The van der Waals surface area contributed by atoms with E-state index < -0.39 is 0 Å².